The fourth-order valence-electron chi connectivity index (χ4n) is 4.33. The van der Waals surface area contributed by atoms with E-state index < -0.39 is 30.2 Å². The molecule has 36 heavy (non-hydrogen) atoms. The molecule has 0 spiro atoms. The first-order valence-electron chi connectivity index (χ1n) is 11.4. The zero-order valence-corrected chi connectivity index (χ0v) is 20.3. The summed E-state index contributed by atoms with van der Waals surface area (Å²) in [6.45, 7) is 3.69. The second-order valence-corrected chi connectivity index (χ2v) is 8.06. The first kappa shape index (κ1) is 25.5. The SMILES string of the molecule is CCOC(=O)C[C@H]1O[C@H](c2cccc(OC)c2OC)c2cc(CC)ccc2-n2c1nnc2C(F)(F)F. The van der Waals surface area contributed by atoms with Crippen molar-refractivity contribution in [1.29, 1.82) is 0 Å². The Kier molecular flexibility index (Phi) is 7.21. The molecule has 1 aliphatic heterocycles. The van der Waals surface area contributed by atoms with Crippen LogP contribution >= 0.6 is 0 Å². The van der Waals surface area contributed by atoms with Crippen molar-refractivity contribution < 1.29 is 36.9 Å². The van der Waals surface area contributed by atoms with Crippen LogP contribution in [-0.4, -0.2) is 41.6 Å². The van der Waals surface area contributed by atoms with Crippen LogP contribution in [0.3, 0.4) is 0 Å². The average Bonchev–Trinajstić information content (AvgIpc) is 3.26. The Hall–Kier alpha value is -3.60. The minimum absolute atomic E-state index is 0.110. The number of rotatable bonds is 7. The molecule has 0 N–H and O–H groups in total. The van der Waals surface area contributed by atoms with Crippen LogP contribution in [0.25, 0.3) is 5.69 Å². The number of para-hydroxylation sites is 1. The van der Waals surface area contributed by atoms with Crippen LogP contribution in [0.4, 0.5) is 13.2 Å². The van der Waals surface area contributed by atoms with E-state index in [0.717, 1.165) is 10.1 Å². The molecule has 0 radical (unpaired) electrons. The first-order valence-corrected chi connectivity index (χ1v) is 11.4. The van der Waals surface area contributed by atoms with Crippen molar-refractivity contribution in [2.24, 2.45) is 0 Å². The second kappa shape index (κ2) is 10.2. The zero-order chi connectivity index (χ0) is 26.0. The van der Waals surface area contributed by atoms with Gasteiger partial charge >= 0.3 is 12.1 Å². The summed E-state index contributed by atoms with van der Waals surface area (Å²) in [6, 6.07) is 10.3. The van der Waals surface area contributed by atoms with E-state index in [9.17, 15) is 18.0 Å². The summed E-state index contributed by atoms with van der Waals surface area (Å²) in [5.74, 6) is -1.21. The van der Waals surface area contributed by atoms with E-state index in [1.807, 2.05) is 6.92 Å². The molecule has 0 bridgehead atoms. The number of carbonyl (C=O) groups excluding carboxylic acids is 1. The molecule has 2 aromatic carbocycles. The Labute approximate surface area is 205 Å². The van der Waals surface area contributed by atoms with Crippen LogP contribution in [-0.2, 0) is 26.9 Å². The van der Waals surface area contributed by atoms with Crippen molar-refractivity contribution in [2.45, 2.75) is 45.1 Å². The molecule has 1 aliphatic rings. The highest BCUT2D eigenvalue weighted by Gasteiger charge is 2.44. The predicted molar refractivity (Wildman–Crippen MR) is 122 cm³/mol. The van der Waals surface area contributed by atoms with Crippen LogP contribution in [0.2, 0.25) is 0 Å². The number of carbonyl (C=O) groups is 1. The van der Waals surface area contributed by atoms with Gasteiger partial charge in [0.15, 0.2) is 17.3 Å². The fraction of sp³-hybridized carbons (Fsp3) is 0.400. The van der Waals surface area contributed by atoms with Crippen LogP contribution in [0.15, 0.2) is 36.4 Å². The summed E-state index contributed by atoms with van der Waals surface area (Å²) in [5.41, 5.74) is 2.04. The molecular formula is C25H26F3N3O5. The third kappa shape index (κ3) is 4.62. The number of halogens is 3. The smallest absolute Gasteiger partial charge is 0.452 e. The Morgan fingerprint density at radius 3 is 2.50 bits per heavy atom. The molecule has 2 atom stereocenters. The largest absolute Gasteiger partial charge is 0.493 e. The van der Waals surface area contributed by atoms with Crippen LogP contribution in [0.5, 0.6) is 11.5 Å². The highest BCUT2D eigenvalue weighted by Crippen LogP contribution is 2.47. The van der Waals surface area contributed by atoms with Crippen molar-refractivity contribution >= 4 is 5.97 Å². The number of nitrogens with zero attached hydrogens (tertiary/aromatic N) is 3. The van der Waals surface area contributed by atoms with Gasteiger partial charge in [-0.25, -0.2) is 0 Å². The lowest BCUT2D eigenvalue weighted by Crippen LogP contribution is -2.18. The van der Waals surface area contributed by atoms with Gasteiger partial charge in [-0.3, -0.25) is 9.36 Å². The Morgan fingerprint density at radius 1 is 1.08 bits per heavy atom. The quantitative estimate of drug-likeness (QED) is 0.419. The number of methoxy groups -OCH3 is 2. The van der Waals surface area contributed by atoms with Gasteiger partial charge in [-0.2, -0.15) is 13.2 Å². The standard InChI is InChI=1S/C25H26F3N3O5/c1-5-14-10-11-17-16(12-14)21(15-8-7-9-18(33-3)22(15)34-4)36-19(13-20(32)35-6-2)23-29-30-24(31(17)23)25(26,27)28/h7-12,19,21H,5-6,13H2,1-4H3/t19-,21-/m1/s1. The number of hydrogen-bond donors (Lipinski definition) is 0. The molecule has 0 amide bonds. The number of aromatic nitrogens is 3. The first-order chi connectivity index (χ1) is 17.2. The topological polar surface area (TPSA) is 84.7 Å². The van der Waals surface area contributed by atoms with E-state index in [4.69, 9.17) is 18.9 Å². The number of hydrogen-bond acceptors (Lipinski definition) is 7. The zero-order valence-electron chi connectivity index (χ0n) is 20.3. The van der Waals surface area contributed by atoms with Crippen molar-refractivity contribution in [3.05, 3.63) is 64.7 Å². The highest BCUT2D eigenvalue weighted by atomic mass is 19.4. The predicted octanol–water partition coefficient (Wildman–Crippen LogP) is 4.98. The van der Waals surface area contributed by atoms with Gasteiger partial charge in [0.1, 0.15) is 12.2 Å². The maximum atomic E-state index is 14.0. The number of alkyl halides is 3. The number of benzene rings is 2. The van der Waals surface area contributed by atoms with Gasteiger partial charge in [0.25, 0.3) is 0 Å². The molecule has 8 nitrogen and oxygen atoms in total. The molecule has 0 fully saturated rings. The lowest BCUT2D eigenvalue weighted by molar-refractivity contribution is -0.147. The number of fused-ring (bicyclic) bond motifs is 3. The molecule has 11 heteroatoms. The van der Waals surface area contributed by atoms with Crippen molar-refractivity contribution in [1.82, 2.24) is 14.8 Å². The summed E-state index contributed by atoms with van der Waals surface area (Å²) in [5, 5.41) is 7.25. The molecule has 0 saturated carbocycles. The summed E-state index contributed by atoms with van der Waals surface area (Å²) in [7, 11) is 2.95. The molecule has 0 saturated heterocycles. The molecule has 1 aromatic heterocycles. The van der Waals surface area contributed by atoms with Crippen LogP contribution in [0, 0.1) is 0 Å². The van der Waals surface area contributed by atoms with E-state index in [-0.39, 0.29) is 24.5 Å². The minimum Gasteiger partial charge on any atom is -0.493 e. The Bertz CT molecular complexity index is 1260. The van der Waals surface area contributed by atoms with Crippen LogP contribution in [0.1, 0.15) is 60.8 Å². The Balaban J connectivity index is 2.01. The van der Waals surface area contributed by atoms with Crippen LogP contribution < -0.4 is 9.47 Å². The second-order valence-electron chi connectivity index (χ2n) is 8.06. The molecule has 0 unspecified atom stereocenters. The van der Waals surface area contributed by atoms with Gasteiger partial charge in [0.05, 0.1) is 32.9 Å². The van der Waals surface area contributed by atoms with Gasteiger partial charge in [-0.05, 0) is 31.0 Å². The lowest BCUT2D eigenvalue weighted by atomic mass is 9.95. The summed E-state index contributed by atoms with van der Waals surface area (Å²) in [6.07, 6.45) is -6.62. The van der Waals surface area contributed by atoms with Gasteiger partial charge < -0.3 is 18.9 Å². The normalized spacial score (nSPS) is 17.1. The van der Waals surface area contributed by atoms with E-state index in [0.29, 0.717) is 29.0 Å². The molecule has 192 valence electrons. The van der Waals surface area contributed by atoms with E-state index in [1.54, 1.807) is 43.3 Å². The summed E-state index contributed by atoms with van der Waals surface area (Å²) < 4.78 is 65.6. The molecule has 2 heterocycles. The van der Waals surface area contributed by atoms with Gasteiger partial charge in [-0.15, -0.1) is 10.2 Å². The number of aryl methyl sites for hydroxylation is 1. The molecular weight excluding hydrogens is 479 g/mol. The molecule has 3 aromatic rings. The van der Waals surface area contributed by atoms with Gasteiger partial charge in [0, 0.05) is 11.1 Å². The number of ether oxygens (including phenoxy) is 4. The van der Waals surface area contributed by atoms with E-state index in [2.05, 4.69) is 10.2 Å². The maximum Gasteiger partial charge on any atom is 0.452 e. The lowest BCUT2D eigenvalue weighted by Gasteiger charge is -2.25. The van der Waals surface area contributed by atoms with Gasteiger partial charge in [-0.1, -0.05) is 31.2 Å². The molecule has 4 rings (SSSR count). The summed E-state index contributed by atoms with van der Waals surface area (Å²) >= 11 is 0. The summed E-state index contributed by atoms with van der Waals surface area (Å²) in [4.78, 5) is 12.5. The number of esters is 1. The Morgan fingerprint density at radius 2 is 1.86 bits per heavy atom. The van der Waals surface area contributed by atoms with E-state index >= 15 is 0 Å². The minimum atomic E-state index is -4.80. The molecule has 0 aliphatic carbocycles. The maximum absolute atomic E-state index is 14.0. The van der Waals surface area contributed by atoms with Crippen molar-refractivity contribution in [3.63, 3.8) is 0 Å². The third-order valence-corrected chi connectivity index (χ3v) is 5.93. The third-order valence-electron chi connectivity index (χ3n) is 5.93. The average molecular weight is 505 g/mol. The fourth-order valence-corrected chi connectivity index (χ4v) is 4.33. The van der Waals surface area contributed by atoms with Crippen molar-refractivity contribution in [2.75, 3.05) is 20.8 Å². The highest BCUT2D eigenvalue weighted by molar-refractivity contribution is 5.70. The van der Waals surface area contributed by atoms with Crippen molar-refractivity contribution in [3.8, 4) is 17.2 Å². The van der Waals surface area contributed by atoms with E-state index in [1.165, 1.54) is 14.2 Å². The van der Waals surface area contributed by atoms with Gasteiger partial charge in [0.2, 0.25) is 5.82 Å². The monoisotopic (exact) mass is 505 g/mol.